The van der Waals surface area contributed by atoms with Crippen molar-refractivity contribution in [3.63, 3.8) is 0 Å². The zero-order valence-electron chi connectivity index (χ0n) is 10.3. The van der Waals surface area contributed by atoms with E-state index in [1.54, 1.807) is 24.3 Å². The predicted molar refractivity (Wildman–Crippen MR) is 71.3 cm³/mol. The van der Waals surface area contributed by atoms with Crippen LogP contribution in [0, 0.1) is 0 Å². The maximum atomic E-state index is 12.7. The Labute approximate surface area is 118 Å². The lowest BCUT2D eigenvalue weighted by Gasteiger charge is -2.11. The smallest absolute Gasteiger partial charge is 0.373 e. The van der Waals surface area contributed by atoms with Crippen LogP contribution in [-0.4, -0.2) is 17.0 Å². The monoisotopic (exact) mass is 302 g/mol. The molecule has 1 heterocycles. The number of hydrogen-bond acceptors (Lipinski definition) is 4. The first-order chi connectivity index (χ1) is 9.38. The van der Waals surface area contributed by atoms with Crippen molar-refractivity contribution in [1.82, 2.24) is 9.97 Å². The van der Waals surface area contributed by atoms with E-state index in [2.05, 4.69) is 20.6 Å². The van der Waals surface area contributed by atoms with E-state index in [1.807, 2.05) is 0 Å². The highest BCUT2D eigenvalue weighted by Crippen LogP contribution is 2.29. The lowest BCUT2D eigenvalue weighted by molar-refractivity contribution is -0.144. The summed E-state index contributed by atoms with van der Waals surface area (Å²) in [4.78, 5) is 6.82. The number of nitrogens with zero attached hydrogens (tertiary/aromatic N) is 2. The Morgan fingerprint density at radius 2 is 1.65 bits per heavy atom. The SMILES string of the molecule is CNc1cc(Nc2ccc(Cl)cc2)nc(C(F)(F)F)n1. The van der Waals surface area contributed by atoms with Crippen molar-refractivity contribution in [2.24, 2.45) is 0 Å². The van der Waals surface area contributed by atoms with Gasteiger partial charge in [-0.15, -0.1) is 0 Å². The van der Waals surface area contributed by atoms with Crippen molar-refractivity contribution in [3.8, 4) is 0 Å². The fourth-order valence-corrected chi connectivity index (χ4v) is 1.57. The first-order valence-corrected chi connectivity index (χ1v) is 5.93. The van der Waals surface area contributed by atoms with E-state index < -0.39 is 12.0 Å². The normalized spacial score (nSPS) is 11.2. The lowest BCUT2D eigenvalue weighted by Crippen LogP contribution is -2.13. The molecule has 0 fully saturated rings. The molecule has 20 heavy (non-hydrogen) atoms. The summed E-state index contributed by atoms with van der Waals surface area (Å²) < 4.78 is 38.0. The van der Waals surface area contributed by atoms with Gasteiger partial charge in [-0.3, -0.25) is 0 Å². The van der Waals surface area contributed by atoms with Gasteiger partial charge in [-0.2, -0.15) is 13.2 Å². The summed E-state index contributed by atoms with van der Waals surface area (Å²) in [5.74, 6) is -1.09. The Hall–Kier alpha value is -2.02. The van der Waals surface area contributed by atoms with Crippen molar-refractivity contribution in [3.05, 3.63) is 41.2 Å². The standard InChI is InChI=1S/C12H10ClF3N4/c1-17-9-6-10(20-11(19-9)12(14,15)16)18-8-4-2-7(13)3-5-8/h2-6H,1H3,(H2,17,18,19,20). The van der Waals surface area contributed by atoms with Gasteiger partial charge in [-0.05, 0) is 24.3 Å². The molecule has 2 rings (SSSR count). The second-order valence-electron chi connectivity index (χ2n) is 3.84. The largest absolute Gasteiger partial charge is 0.451 e. The number of benzene rings is 1. The number of anilines is 3. The number of aromatic nitrogens is 2. The van der Waals surface area contributed by atoms with Crippen LogP contribution in [0.4, 0.5) is 30.5 Å². The minimum absolute atomic E-state index is 0.0407. The summed E-state index contributed by atoms with van der Waals surface area (Å²) in [6, 6.07) is 7.89. The molecule has 0 atom stereocenters. The Balaban J connectivity index is 2.33. The highest BCUT2D eigenvalue weighted by atomic mass is 35.5. The van der Waals surface area contributed by atoms with Crippen LogP contribution in [0.3, 0.4) is 0 Å². The highest BCUT2D eigenvalue weighted by molar-refractivity contribution is 6.30. The molecular formula is C12H10ClF3N4. The van der Waals surface area contributed by atoms with Gasteiger partial charge in [0.2, 0.25) is 5.82 Å². The second kappa shape index (κ2) is 5.54. The topological polar surface area (TPSA) is 49.8 Å². The van der Waals surface area contributed by atoms with Crippen molar-refractivity contribution in [2.45, 2.75) is 6.18 Å². The first kappa shape index (κ1) is 14.4. The summed E-state index contributed by atoms with van der Waals surface area (Å²) >= 11 is 5.74. The Morgan fingerprint density at radius 1 is 1.05 bits per heavy atom. The second-order valence-corrected chi connectivity index (χ2v) is 4.28. The van der Waals surface area contributed by atoms with Gasteiger partial charge in [0, 0.05) is 23.8 Å². The van der Waals surface area contributed by atoms with Crippen LogP contribution in [0.25, 0.3) is 0 Å². The first-order valence-electron chi connectivity index (χ1n) is 5.55. The van der Waals surface area contributed by atoms with Crippen molar-refractivity contribution >= 4 is 28.9 Å². The molecule has 0 radical (unpaired) electrons. The molecule has 0 amide bonds. The Morgan fingerprint density at radius 3 is 2.20 bits per heavy atom. The highest BCUT2D eigenvalue weighted by Gasteiger charge is 2.35. The van der Waals surface area contributed by atoms with Gasteiger partial charge in [0.05, 0.1) is 0 Å². The van der Waals surface area contributed by atoms with Gasteiger partial charge in [0.1, 0.15) is 11.6 Å². The van der Waals surface area contributed by atoms with E-state index in [-0.39, 0.29) is 11.6 Å². The van der Waals surface area contributed by atoms with Crippen LogP contribution in [0.5, 0.6) is 0 Å². The summed E-state index contributed by atoms with van der Waals surface area (Å²) in [5.41, 5.74) is 0.572. The summed E-state index contributed by atoms with van der Waals surface area (Å²) in [5, 5.41) is 5.86. The molecule has 0 unspecified atom stereocenters. The quantitative estimate of drug-likeness (QED) is 0.902. The van der Waals surface area contributed by atoms with Gasteiger partial charge in [-0.1, -0.05) is 11.6 Å². The minimum Gasteiger partial charge on any atom is -0.373 e. The van der Waals surface area contributed by atoms with Crippen molar-refractivity contribution < 1.29 is 13.2 Å². The van der Waals surface area contributed by atoms with Crippen LogP contribution >= 0.6 is 11.6 Å². The third kappa shape index (κ3) is 3.51. The molecule has 106 valence electrons. The summed E-state index contributed by atoms with van der Waals surface area (Å²) in [6.45, 7) is 0. The zero-order valence-corrected chi connectivity index (χ0v) is 11.0. The van der Waals surface area contributed by atoms with Crippen LogP contribution < -0.4 is 10.6 Å². The van der Waals surface area contributed by atoms with E-state index in [0.717, 1.165) is 0 Å². The van der Waals surface area contributed by atoms with Crippen LogP contribution in [-0.2, 0) is 6.18 Å². The summed E-state index contributed by atoms with van der Waals surface area (Å²) in [6.07, 6.45) is -4.61. The Kier molecular flexibility index (Phi) is 3.99. The molecule has 0 saturated heterocycles. The molecule has 0 bridgehead atoms. The predicted octanol–water partition coefficient (Wildman–Crippen LogP) is 3.93. The molecule has 4 nitrogen and oxygen atoms in total. The average molecular weight is 303 g/mol. The van der Waals surface area contributed by atoms with E-state index in [9.17, 15) is 13.2 Å². The van der Waals surface area contributed by atoms with Gasteiger partial charge < -0.3 is 10.6 Å². The Bertz CT molecular complexity index is 599. The van der Waals surface area contributed by atoms with E-state index in [0.29, 0.717) is 10.7 Å². The van der Waals surface area contributed by atoms with Gasteiger partial charge >= 0.3 is 6.18 Å². The molecule has 0 aliphatic rings. The summed E-state index contributed by atoms with van der Waals surface area (Å²) in [7, 11) is 1.48. The fourth-order valence-electron chi connectivity index (χ4n) is 1.45. The van der Waals surface area contributed by atoms with E-state index >= 15 is 0 Å². The molecule has 2 aromatic rings. The number of rotatable bonds is 3. The van der Waals surface area contributed by atoms with Crippen molar-refractivity contribution in [2.75, 3.05) is 17.7 Å². The molecule has 0 spiro atoms. The zero-order chi connectivity index (χ0) is 14.8. The molecule has 2 N–H and O–H groups in total. The number of alkyl halides is 3. The number of nitrogens with one attached hydrogen (secondary N) is 2. The fraction of sp³-hybridized carbons (Fsp3) is 0.167. The molecule has 1 aromatic heterocycles. The van der Waals surface area contributed by atoms with Gasteiger partial charge in [0.25, 0.3) is 0 Å². The molecule has 0 aliphatic heterocycles. The maximum absolute atomic E-state index is 12.7. The van der Waals surface area contributed by atoms with E-state index in [4.69, 9.17) is 11.6 Å². The molecular weight excluding hydrogens is 293 g/mol. The minimum atomic E-state index is -4.61. The third-order valence-electron chi connectivity index (χ3n) is 2.35. The number of hydrogen-bond donors (Lipinski definition) is 2. The van der Waals surface area contributed by atoms with Crippen LogP contribution in [0.2, 0.25) is 5.02 Å². The van der Waals surface area contributed by atoms with E-state index in [1.165, 1.54) is 13.1 Å². The van der Waals surface area contributed by atoms with Gasteiger partial charge in [0.15, 0.2) is 0 Å². The van der Waals surface area contributed by atoms with Crippen LogP contribution in [0.15, 0.2) is 30.3 Å². The number of halogens is 4. The molecule has 1 aromatic carbocycles. The molecule has 0 aliphatic carbocycles. The molecule has 0 saturated carbocycles. The average Bonchev–Trinajstić information content (AvgIpc) is 2.40. The van der Waals surface area contributed by atoms with Gasteiger partial charge in [-0.25, -0.2) is 9.97 Å². The lowest BCUT2D eigenvalue weighted by atomic mass is 10.3. The van der Waals surface area contributed by atoms with Crippen molar-refractivity contribution in [1.29, 1.82) is 0 Å². The molecule has 8 heteroatoms. The van der Waals surface area contributed by atoms with Crippen LogP contribution in [0.1, 0.15) is 5.82 Å². The maximum Gasteiger partial charge on any atom is 0.451 e. The third-order valence-corrected chi connectivity index (χ3v) is 2.60.